The van der Waals surface area contributed by atoms with Gasteiger partial charge < -0.3 is 14.7 Å². The van der Waals surface area contributed by atoms with E-state index in [9.17, 15) is 18.0 Å². The third-order valence-electron chi connectivity index (χ3n) is 5.78. The summed E-state index contributed by atoms with van der Waals surface area (Å²) in [5.74, 6) is -1.60. The minimum atomic E-state index is -5.08. The van der Waals surface area contributed by atoms with Gasteiger partial charge in [0.2, 0.25) is 5.91 Å². The summed E-state index contributed by atoms with van der Waals surface area (Å²) in [4.78, 5) is 27.4. The molecule has 1 unspecified atom stereocenters. The Morgan fingerprint density at radius 2 is 1.72 bits per heavy atom. The first kappa shape index (κ1) is 25.9. The number of hydrogen-bond acceptors (Lipinski definition) is 5. The van der Waals surface area contributed by atoms with Crippen molar-refractivity contribution in [3.8, 4) is 5.75 Å². The number of carboxylic acids is 1. The highest BCUT2D eigenvalue weighted by Crippen LogP contribution is 2.38. The van der Waals surface area contributed by atoms with Crippen LogP contribution in [-0.2, 0) is 9.59 Å². The second-order valence-electron chi connectivity index (χ2n) is 8.59. The molecule has 2 saturated heterocycles. The molecule has 10 heteroatoms. The maximum absolute atomic E-state index is 12.0. The largest absolute Gasteiger partial charge is 0.492 e. The Balaban J connectivity index is 0.000000451. The Morgan fingerprint density at radius 3 is 2.31 bits per heavy atom. The molecular weight excluding hydrogens is 427 g/mol. The van der Waals surface area contributed by atoms with Crippen LogP contribution in [0.4, 0.5) is 13.2 Å². The standard InChI is InChI=1S/C20H31N3O2.C2HF3O2/c1-21(2)19(24)15-23-12-10-20(17-23)9-6-11-22(16-20)13-14-25-18-7-4-3-5-8-18;3-2(4,5)1(6)7/h3-5,7-8H,6,9-17H2,1-2H3;(H,6,7). The molecular formula is C22H32F3N3O4. The molecule has 32 heavy (non-hydrogen) atoms. The number of likely N-dealkylation sites (tertiary alicyclic amines) is 2. The fourth-order valence-corrected chi connectivity index (χ4v) is 4.14. The summed E-state index contributed by atoms with van der Waals surface area (Å²) < 4.78 is 37.6. The minimum Gasteiger partial charge on any atom is -0.492 e. The lowest BCUT2D eigenvalue weighted by atomic mass is 9.79. The average Bonchev–Trinajstić information content (AvgIpc) is 3.10. The van der Waals surface area contributed by atoms with Crippen molar-refractivity contribution in [1.29, 1.82) is 0 Å². The molecule has 2 heterocycles. The smallest absolute Gasteiger partial charge is 0.490 e. The van der Waals surface area contributed by atoms with Crippen LogP contribution in [0.2, 0.25) is 0 Å². The Labute approximate surface area is 186 Å². The normalized spacial score (nSPS) is 21.7. The van der Waals surface area contributed by atoms with Gasteiger partial charge in [-0.1, -0.05) is 18.2 Å². The Hall–Kier alpha value is -2.33. The summed E-state index contributed by atoms with van der Waals surface area (Å²) in [6.45, 7) is 6.69. The third kappa shape index (κ3) is 8.31. The summed E-state index contributed by atoms with van der Waals surface area (Å²) >= 11 is 0. The summed E-state index contributed by atoms with van der Waals surface area (Å²) in [6.07, 6.45) is -1.33. The van der Waals surface area contributed by atoms with Crippen LogP contribution in [-0.4, -0.2) is 97.8 Å². The van der Waals surface area contributed by atoms with Gasteiger partial charge in [-0.3, -0.25) is 14.6 Å². The number of alkyl halides is 3. The molecule has 0 aromatic heterocycles. The number of piperidine rings is 1. The number of ether oxygens (including phenoxy) is 1. The van der Waals surface area contributed by atoms with Crippen LogP contribution in [0.25, 0.3) is 0 Å². The predicted octanol–water partition coefficient (Wildman–Crippen LogP) is 2.57. The monoisotopic (exact) mass is 459 g/mol. The number of likely N-dealkylation sites (N-methyl/N-ethyl adjacent to an activating group) is 1. The van der Waals surface area contributed by atoms with Crippen LogP contribution in [0, 0.1) is 5.41 Å². The van der Waals surface area contributed by atoms with E-state index in [1.54, 1.807) is 4.90 Å². The average molecular weight is 460 g/mol. The summed E-state index contributed by atoms with van der Waals surface area (Å²) in [5.41, 5.74) is 0.373. The van der Waals surface area contributed by atoms with Crippen molar-refractivity contribution in [3.63, 3.8) is 0 Å². The minimum absolute atomic E-state index is 0.209. The summed E-state index contributed by atoms with van der Waals surface area (Å²) in [6, 6.07) is 10.0. The van der Waals surface area contributed by atoms with Crippen molar-refractivity contribution in [2.24, 2.45) is 5.41 Å². The lowest BCUT2D eigenvalue weighted by molar-refractivity contribution is -0.192. The number of para-hydroxylation sites is 1. The van der Waals surface area contributed by atoms with E-state index in [2.05, 4.69) is 9.80 Å². The maximum atomic E-state index is 12.0. The van der Waals surface area contributed by atoms with Gasteiger partial charge >= 0.3 is 12.1 Å². The lowest BCUT2D eigenvalue weighted by Gasteiger charge is -2.40. The first-order valence-corrected chi connectivity index (χ1v) is 10.6. The van der Waals surface area contributed by atoms with E-state index in [1.165, 1.54) is 19.3 Å². The number of benzene rings is 1. The Kier molecular flexibility index (Phi) is 9.33. The summed E-state index contributed by atoms with van der Waals surface area (Å²) in [5, 5.41) is 7.12. The molecule has 2 aliphatic rings. The van der Waals surface area contributed by atoms with E-state index >= 15 is 0 Å². The molecule has 0 radical (unpaired) electrons. The zero-order valence-electron chi connectivity index (χ0n) is 18.6. The van der Waals surface area contributed by atoms with E-state index in [0.29, 0.717) is 12.0 Å². The van der Waals surface area contributed by atoms with Crippen molar-refractivity contribution in [3.05, 3.63) is 30.3 Å². The number of halogens is 3. The van der Waals surface area contributed by atoms with Crippen LogP contribution >= 0.6 is 0 Å². The first-order valence-electron chi connectivity index (χ1n) is 10.6. The SMILES string of the molecule is CN(C)C(=O)CN1CCC2(CCCN(CCOc3ccccc3)C2)C1.O=C(O)C(F)(F)F. The van der Waals surface area contributed by atoms with Crippen LogP contribution in [0.3, 0.4) is 0 Å². The van der Waals surface area contributed by atoms with Crippen molar-refractivity contribution in [2.75, 3.05) is 60.0 Å². The number of nitrogens with zero attached hydrogens (tertiary/aromatic N) is 3. The lowest BCUT2D eigenvalue weighted by Crippen LogP contribution is -2.46. The van der Waals surface area contributed by atoms with Gasteiger partial charge in [-0.2, -0.15) is 13.2 Å². The van der Waals surface area contributed by atoms with Gasteiger partial charge in [0.25, 0.3) is 0 Å². The topological polar surface area (TPSA) is 73.3 Å². The fraction of sp³-hybridized carbons (Fsp3) is 0.636. The van der Waals surface area contributed by atoms with Crippen molar-refractivity contribution < 1.29 is 32.6 Å². The fourth-order valence-electron chi connectivity index (χ4n) is 4.14. The van der Waals surface area contributed by atoms with Crippen LogP contribution in [0.5, 0.6) is 5.75 Å². The van der Waals surface area contributed by atoms with E-state index in [-0.39, 0.29) is 5.91 Å². The Morgan fingerprint density at radius 1 is 1.09 bits per heavy atom. The highest BCUT2D eigenvalue weighted by atomic mass is 19.4. The third-order valence-corrected chi connectivity index (χ3v) is 5.78. The second kappa shape index (κ2) is 11.5. The number of carbonyl (C=O) groups excluding carboxylic acids is 1. The number of hydrogen-bond donors (Lipinski definition) is 1. The predicted molar refractivity (Wildman–Crippen MR) is 113 cm³/mol. The molecule has 1 N–H and O–H groups in total. The van der Waals surface area contributed by atoms with E-state index in [0.717, 1.165) is 45.1 Å². The number of amides is 1. The van der Waals surface area contributed by atoms with Crippen LogP contribution in [0.15, 0.2) is 30.3 Å². The maximum Gasteiger partial charge on any atom is 0.490 e. The van der Waals surface area contributed by atoms with E-state index < -0.39 is 12.1 Å². The number of rotatable bonds is 6. The van der Waals surface area contributed by atoms with Gasteiger partial charge in [-0.15, -0.1) is 0 Å². The van der Waals surface area contributed by atoms with Crippen LogP contribution < -0.4 is 4.74 Å². The molecule has 7 nitrogen and oxygen atoms in total. The molecule has 1 atom stereocenters. The molecule has 0 saturated carbocycles. The first-order chi connectivity index (χ1) is 15.0. The van der Waals surface area contributed by atoms with Gasteiger partial charge in [-0.05, 0) is 49.9 Å². The Bertz CT molecular complexity index is 746. The number of carbonyl (C=O) groups is 2. The van der Waals surface area contributed by atoms with Gasteiger partial charge in [0, 0.05) is 33.7 Å². The van der Waals surface area contributed by atoms with E-state index in [1.807, 2.05) is 44.4 Å². The van der Waals surface area contributed by atoms with Gasteiger partial charge in [0.05, 0.1) is 6.54 Å². The zero-order chi connectivity index (χ0) is 23.8. The molecule has 1 aromatic rings. The highest BCUT2D eigenvalue weighted by Gasteiger charge is 2.41. The quantitative estimate of drug-likeness (QED) is 0.705. The van der Waals surface area contributed by atoms with Gasteiger partial charge in [0.15, 0.2) is 0 Å². The highest BCUT2D eigenvalue weighted by molar-refractivity contribution is 5.77. The van der Waals surface area contributed by atoms with Crippen molar-refractivity contribution in [1.82, 2.24) is 14.7 Å². The molecule has 0 aliphatic carbocycles. The second-order valence-corrected chi connectivity index (χ2v) is 8.59. The molecule has 1 amide bonds. The summed E-state index contributed by atoms with van der Waals surface area (Å²) in [7, 11) is 3.67. The molecule has 3 rings (SSSR count). The molecule has 1 aromatic carbocycles. The zero-order valence-corrected chi connectivity index (χ0v) is 18.6. The molecule has 1 spiro atoms. The molecule has 2 aliphatic heterocycles. The molecule has 180 valence electrons. The number of carboxylic acid groups (broad SMARTS) is 1. The molecule has 0 bridgehead atoms. The van der Waals surface area contributed by atoms with Gasteiger partial charge in [0.1, 0.15) is 12.4 Å². The van der Waals surface area contributed by atoms with Crippen molar-refractivity contribution >= 4 is 11.9 Å². The van der Waals surface area contributed by atoms with E-state index in [4.69, 9.17) is 14.6 Å². The van der Waals surface area contributed by atoms with Crippen molar-refractivity contribution in [2.45, 2.75) is 25.4 Å². The number of aliphatic carboxylic acids is 1. The van der Waals surface area contributed by atoms with Gasteiger partial charge in [-0.25, -0.2) is 4.79 Å². The van der Waals surface area contributed by atoms with Crippen LogP contribution in [0.1, 0.15) is 19.3 Å². The molecule has 2 fully saturated rings.